The highest BCUT2D eigenvalue weighted by atomic mass is 35.5. The summed E-state index contributed by atoms with van der Waals surface area (Å²) in [7, 11) is 0. The zero-order chi connectivity index (χ0) is 17.8. The summed E-state index contributed by atoms with van der Waals surface area (Å²) in [5.74, 6) is 0.575. The van der Waals surface area contributed by atoms with Crippen molar-refractivity contribution >= 4 is 34.6 Å². The number of nitrogens with zero attached hydrogens (tertiary/aromatic N) is 4. The number of hydrogen-bond donors (Lipinski definition) is 2. The lowest BCUT2D eigenvalue weighted by Gasteiger charge is -2.09. The Kier molecular flexibility index (Phi) is 4.90. The van der Waals surface area contributed by atoms with E-state index in [-0.39, 0.29) is 5.82 Å². The summed E-state index contributed by atoms with van der Waals surface area (Å²) in [6.07, 6.45) is 0.535. The van der Waals surface area contributed by atoms with E-state index in [9.17, 15) is 0 Å². The van der Waals surface area contributed by atoms with Gasteiger partial charge in [-0.15, -0.1) is 5.11 Å². The first kappa shape index (κ1) is 16.9. The van der Waals surface area contributed by atoms with Crippen LogP contribution in [0.5, 0.6) is 0 Å². The number of azo groups is 1. The minimum atomic E-state index is 0.236. The topological polar surface area (TPSA) is 103 Å². The van der Waals surface area contributed by atoms with E-state index in [1.54, 1.807) is 30.3 Å². The first-order valence-electron chi connectivity index (χ1n) is 7.66. The third-order valence-corrected chi connectivity index (χ3v) is 3.78. The molecule has 0 saturated heterocycles. The highest BCUT2D eigenvalue weighted by Gasteiger charge is 2.11. The van der Waals surface area contributed by atoms with Crippen LogP contribution in [0.25, 0.3) is 0 Å². The molecular weight excluding hydrogens is 336 g/mol. The minimum Gasteiger partial charge on any atom is -0.384 e. The van der Waals surface area contributed by atoms with Gasteiger partial charge in [0.15, 0.2) is 5.82 Å². The fraction of sp³-hybridized carbons (Fsp3) is 0.111. The summed E-state index contributed by atoms with van der Waals surface area (Å²) < 4.78 is 0. The summed E-state index contributed by atoms with van der Waals surface area (Å²) in [5.41, 5.74) is 15.7. The Morgan fingerprint density at radius 1 is 1.00 bits per heavy atom. The maximum Gasteiger partial charge on any atom is 0.154 e. The summed E-state index contributed by atoms with van der Waals surface area (Å²) >= 11 is 5.88. The molecule has 0 atom stereocenters. The molecule has 0 radical (unpaired) electrons. The second kappa shape index (κ2) is 7.27. The van der Waals surface area contributed by atoms with Gasteiger partial charge in [-0.2, -0.15) is 5.11 Å². The molecule has 0 aliphatic rings. The molecule has 126 valence electrons. The predicted octanol–water partition coefficient (Wildman–Crippen LogP) is 4.61. The Morgan fingerprint density at radius 3 is 2.48 bits per heavy atom. The first-order chi connectivity index (χ1) is 12.0. The Hall–Kier alpha value is -2.99. The standard InChI is InChI=1S/C18H17ClN6/c1-11-3-2-4-15(22-11)9-12-10-16(20)23-18(21)17(12)25-24-14-7-5-13(19)6-8-14/h2-8,10H,9H2,1H3,(H4,20,21,23). The zero-order valence-electron chi connectivity index (χ0n) is 13.6. The van der Waals surface area contributed by atoms with E-state index in [1.165, 1.54) is 0 Å². The van der Waals surface area contributed by atoms with E-state index in [0.717, 1.165) is 17.0 Å². The second-order valence-corrected chi connectivity index (χ2v) is 6.00. The third-order valence-electron chi connectivity index (χ3n) is 3.53. The largest absolute Gasteiger partial charge is 0.384 e. The van der Waals surface area contributed by atoms with Crippen molar-refractivity contribution in [3.05, 3.63) is 70.5 Å². The van der Waals surface area contributed by atoms with Gasteiger partial charge in [-0.1, -0.05) is 17.7 Å². The van der Waals surface area contributed by atoms with Crippen LogP contribution in [0.4, 0.5) is 23.0 Å². The third kappa shape index (κ3) is 4.30. The Morgan fingerprint density at radius 2 is 1.76 bits per heavy atom. The van der Waals surface area contributed by atoms with Gasteiger partial charge in [-0.3, -0.25) is 4.98 Å². The van der Waals surface area contributed by atoms with Crippen LogP contribution in [-0.4, -0.2) is 9.97 Å². The molecule has 3 aromatic rings. The number of benzene rings is 1. The number of halogens is 1. The van der Waals surface area contributed by atoms with Crippen LogP contribution < -0.4 is 11.5 Å². The number of nitrogen functional groups attached to an aromatic ring is 2. The number of nitrogens with two attached hydrogens (primary N) is 2. The van der Waals surface area contributed by atoms with E-state index >= 15 is 0 Å². The SMILES string of the molecule is Cc1cccc(Cc2cc(N)nc(N)c2N=Nc2ccc(Cl)cc2)n1. The van der Waals surface area contributed by atoms with E-state index in [0.29, 0.717) is 28.6 Å². The molecule has 1 aromatic carbocycles. The number of anilines is 2. The van der Waals surface area contributed by atoms with Crippen molar-refractivity contribution in [3.63, 3.8) is 0 Å². The lowest BCUT2D eigenvalue weighted by atomic mass is 10.1. The summed E-state index contributed by atoms with van der Waals surface area (Å²) in [5, 5.41) is 9.13. The molecule has 2 aromatic heterocycles. The van der Waals surface area contributed by atoms with Crippen LogP contribution in [0.2, 0.25) is 5.02 Å². The van der Waals surface area contributed by atoms with Gasteiger partial charge in [0.1, 0.15) is 11.5 Å². The smallest absolute Gasteiger partial charge is 0.154 e. The lowest BCUT2D eigenvalue weighted by molar-refractivity contribution is 1.03. The van der Waals surface area contributed by atoms with Crippen LogP contribution in [0.3, 0.4) is 0 Å². The van der Waals surface area contributed by atoms with E-state index in [2.05, 4.69) is 20.2 Å². The molecule has 25 heavy (non-hydrogen) atoms. The van der Waals surface area contributed by atoms with Gasteiger partial charge in [-0.25, -0.2) is 4.98 Å². The number of pyridine rings is 2. The Labute approximate surface area is 150 Å². The van der Waals surface area contributed by atoms with Gasteiger partial charge in [-0.05, 0) is 55.0 Å². The minimum absolute atomic E-state index is 0.236. The van der Waals surface area contributed by atoms with E-state index in [4.69, 9.17) is 23.1 Å². The van der Waals surface area contributed by atoms with Crippen molar-refractivity contribution in [3.8, 4) is 0 Å². The highest BCUT2D eigenvalue weighted by molar-refractivity contribution is 6.30. The van der Waals surface area contributed by atoms with Crippen molar-refractivity contribution < 1.29 is 0 Å². The van der Waals surface area contributed by atoms with Gasteiger partial charge in [0.25, 0.3) is 0 Å². The fourth-order valence-electron chi connectivity index (χ4n) is 2.39. The van der Waals surface area contributed by atoms with E-state index < -0.39 is 0 Å². The fourth-order valence-corrected chi connectivity index (χ4v) is 2.52. The number of hydrogen-bond acceptors (Lipinski definition) is 6. The average Bonchev–Trinajstić information content (AvgIpc) is 2.55. The molecule has 6 nitrogen and oxygen atoms in total. The number of aromatic nitrogens is 2. The maximum atomic E-state index is 6.01. The van der Waals surface area contributed by atoms with Crippen molar-refractivity contribution in [1.82, 2.24) is 9.97 Å². The van der Waals surface area contributed by atoms with Crippen molar-refractivity contribution in [2.45, 2.75) is 13.3 Å². The molecule has 0 spiro atoms. The Bertz CT molecular complexity index is 921. The molecule has 0 amide bonds. The van der Waals surface area contributed by atoms with Crippen LogP contribution >= 0.6 is 11.6 Å². The van der Waals surface area contributed by atoms with Crippen molar-refractivity contribution in [1.29, 1.82) is 0 Å². The van der Waals surface area contributed by atoms with Gasteiger partial charge in [0, 0.05) is 22.8 Å². The zero-order valence-corrected chi connectivity index (χ0v) is 14.4. The van der Waals surface area contributed by atoms with Gasteiger partial charge < -0.3 is 11.5 Å². The Balaban J connectivity index is 1.96. The van der Waals surface area contributed by atoms with Crippen molar-refractivity contribution in [2.75, 3.05) is 11.5 Å². The molecule has 4 N–H and O–H groups in total. The molecule has 0 saturated carbocycles. The van der Waals surface area contributed by atoms with Crippen LogP contribution in [0.1, 0.15) is 17.0 Å². The van der Waals surface area contributed by atoms with Crippen LogP contribution in [-0.2, 0) is 6.42 Å². The molecule has 2 heterocycles. The second-order valence-electron chi connectivity index (χ2n) is 5.56. The van der Waals surface area contributed by atoms with E-state index in [1.807, 2.05) is 25.1 Å². The number of rotatable bonds is 4. The summed E-state index contributed by atoms with van der Waals surface area (Å²) in [4.78, 5) is 8.59. The molecule has 0 bridgehead atoms. The number of aryl methyl sites for hydroxylation is 1. The van der Waals surface area contributed by atoms with Gasteiger partial charge in [0.05, 0.1) is 5.69 Å². The van der Waals surface area contributed by atoms with Crippen LogP contribution in [0.15, 0.2) is 58.8 Å². The summed E-state index contributed by atoms with van der Waals surface area (Å²) in [6, 6.07) is 14.6. The van der Waals surface area contributed by atoms with Crippen molar-refractivity contribution in [2.24, 2.45) is 10.2 Å². The summed E-state index contributed by atoms with van der Waals surface area (Å²) in [6.45, 7) is 1.94. The van der Waals surface area contributed by atoms with Gasteiger partial charge >= 0.3 is 0 Å². The lowest BCUT2D eigenvalue weighted by Crippen LogP contribution is -2.01. The normalized spacial score (nSPS) is 11.1. The first-order valence-corrected chi connectivity index (χ1v) is 8.04. The molecule has 0 fully saturated rings. The molecule has 0 unspecified atom stereocenters. The quantitative estimate of drug-likeness (QED) is 0.669. The maximum absolute atomic E-state index is 6.01. The highest BCUT2D eigenvalue weighted by Crippen LogP contribution is 2.31. The predicted molar refractivity (Wildman–Crippen MR) is 100 cm³/mol. The molecular formula is C18H17ClN6. The molecule has 7 heteroatoms. The monoisotopic (exact) mass is 352 g/mol. The molecule has 0 aliphatic carbocycles. The molecule has 3 rings (SSSR count). The molecule has 0 aliphatic heterocycles. The average molecular weight is 353 g/mol. The van der Waals surface area contributed by atoms with Gasteiger partial charge in [0.2, 0.25) is 0 Å². The van der Waals surface area contributed by atoms with Crippen LogP contribution in [0, 0.1) is 6.92 Å².